The number of hydrogen-bond acceptors (Lipinski definition) is 7. The van der Waals surface area contributed by atoms with E-state index in [-0.39, 0.29) is 24.4 Å². The van der Waals surface area contributed by atoms with Crippen LogP contribution >= 0.6 is 0 Å². The lowest BCUT2D eigenvalue weighted by Crippen LogP contribution is -2.42. The van der Waals surface area contributed by atoms with Gasteiger partial charge in [-0.05, 0) is 57.4 Å². The van der Waals surface area contributed by atoms with Gasteiger partial charge in [0.15, 0.2) is 0 Å². The van der Waals surface area contributed by atoms with Gasteiger partial charge in [0.25, 0.3) is 0 Å². The summed E-state index contributed by atoms with van der Waals surface area (Å²) in [6, 6.07) is 3.85. The number of rotatable bonds is 10. The quantitative estimate of drug-likeness (QED) is 0.346. The summed E-state index contributed by atoms with van der Waals surface area (Å²) >= 11 is 0. The Kier molecular flexibility index (Phi) is 9.70. The van der Waals surface area contributed by atoms with Gasteiger partial charge in [-0.3, -0.25) is 9.59 Å². The van der Waals surface area contributed by atoms with Crippen molar-refractivity contribution in [3.63, 3.8) is 0 Å². The molecule has 34 heavy (non-hydrogen) atoms. The summed E-state index contributed by atoms with van der Waals surface area (Å²) < 4.78 is 9.93. The van der Waals surface area contributed by atoms with Gasteiger partial charge in [0, 0.05) is 25.3 Å². The fourth-order valence-electron chi connectivity index (χ4n) is 3.62. The molecular weight excluding hydrogens is 442 g/mol. The normalized spacial score (nSPS) is 15.6. The molecule has 2 rings (SSSR count). The third-order valence-corrected chi connectivity index (χ3v) is 5.27. The molecule has 0 fully saturated rings. The second-order valence-corrected chi connectivity index (χ2v) is 9.26. The maximum atomic E-state index is 13.1. The number of carbonyl (C=O) groups excluding carboxylic acids is 3. The molecule has 0 unspecified atom stereocenters. The van der Waals surface area contributed by atoms with Crippen LogP contribution in [0, 0.1) is 0 Å². The number of alkyl carbamates (subject to hydrolysis) is 1. The molecule has 1 aliphatic rings. The molecule has 0 radical (unpaired) electrons. The number of carbonyl (C=O) groups is 4. The molecule has 1 aromatic rings. The van der Waals surface area contributed by atoms with E-state index in [0.717, 1.165) is 25.7 Å². The maximum Gasteiger partial charge on any atom is 0.407 e. The molecule has 0 aromatic heterocycles. The van der Waals surface area contributed by atoms with E-state index in [2.05, 4.69) is 10.6 Å². The van der Waals surface area contributed by atoms with Crippen molar-refractivity contribution in [3.8, 4) is 0 Å². The number of esters is 1. The number of aromatic carboxylic acids is 1. The summed E-state index contributed by atoms with van der Waals surface area (Å²) in [5, 5.41) is 15.1. The highest BCUT2D eigenvalue weighted by molar-refractivity contribution is 5.92. The average molecular weight is 478 g/mol. The first-order chi connectivity index (χ1) is 16.0. The van der Waals surface area contributed by atoms with Crippen LogP contribution in [-0.2, 0) is 25.6 Å². The molecule has 188 valence electrons. The van der Waals surface area contributed by atoms with Crippen LogP contribution < -0.4 is 10.6 Å². The van der Waals surface area contributed by atoms with Gasteiger partial charge < -0.3 is 30.1 Å². The number of carboxylic acid groups (broad SMARTS) is 1. The fourth-order valence-corrected chi connectivity index (χ4v) is 3.62. The molecule has 0 aliphatic carbocycles. The van der Waals surface area contributed by atoms with E-state index in [1.54, 1.807) is 17.0 Å². The summed E-state index contributed by atoms with van der Waals surface area (Å²) in [7, 11) is 1.27. The van der Waals surface area contributed by atoms with Gasteiger partial charge in [-0.25, -0.2) is 9.59 Å². The van der Waals surface area contributed by atoms with Crippen LogP contribution in [0.5, 0.6) is 0 Å². The van der Waals surface area contributed by atoms with Crippen LogP contribution in [0.2, 0.25) is 0 Å². The van der Waals surface area contributed by atoms with Crippen LogP contribution in [0.3, 0.4) is 0 Å². The lowest BCUT2D eigenvalue weighted by Gasteiger charge is -2.24. The van der Waals surface area contributed by atoms with Crippen LogP contribution in [-0.4, -0.2) is 65.8 Å². The van der Waals surface area contributed by atoms with Crippen molar-refractivity contribution in [3.05, 3.63) is 29.3 Å². The van der Waals surface area contributed by atoms with Gasteiger partial charge in [0.2, 0.25) is 5.91 Å². The van der Waals surface area contributed by atoms with Crippen LogP contribution in [0.1, 0.15) is 68.8 Å². The summed E-state index contributed by atoms with van der Waals surface area (Å²) in [6.45, 7) is 6.65. The van der Waals surface area contributed by atoms with Crippen molar-refractivity contribution in [2.45, 2.75) is 71.1 Å². The molecule has 0 spiro atoms. The van der Waals surface area contributed by atoms with Crippen molar-refractivity contribution in [2.24, 2.45) is 0 Å². The molecule has 2 amide bonds. The molecule has 0 saturated heterocycles. The zero-order valence-corrected chi connectivity index (χ0v) is 20.3. The number of carboxylic acids is 1. The number of anilines is 1. The number of amides is 2. The number of hydrogen-bond donors (Lipinski definition) is 3. The molecule has 0 saturated carbocycles. The SMILES string of the molecule is COC(=O)C[C@H]1Nc2ccc(C(=O)O)cc2CN(CCCCCCNC(=O)OC(C)(C)C)C1=O. The highest BCUT2D eigenvalue weighted by Crippen LogP contribution is 2.26. The summed E-state index contributed by atoms with van der Waals surface area (Å²) in [6.07, 6.45) is 2.66. The predicted molar refractivity (Wildman–Crippen MR) is 126 cm³/mol. The maximum absolute atomic E-state index is 13.1. The molecule has 0 bridgehead atoms. The van der Waals surface area contributed by atoms with E-state index in [1.807, 2.05) is 20.8 Å². The molecule has 10 nitrogen and oxygen atoms in total. The van der Waals surface area contributed by atoms with E-state index in [4.69, 9.17) is 9.47 Å². The molecule has 1 heterocycles. The largest absolute Gasteiger partial charge is 0.478 e. The Morgan fingerprint density at radius 1 is 1.18 bits per heavy atom. The first-order valence-electron chi connectivity index (χ1n) is 11.5. The molecule has 1 aromatic carbocycles. The number of ether oxygens (including phenoxy) is 2. The summed E-state index contributed by atoms with van der Waals surface area (Å²) in [5.41, 5.74) is 0.913. The Balaban J connectivity index is 1.92. The number of methoxy groups -OCH3 is 1. The van der Waals surface area contributed by atoms with Crippen molar-refractivity contribution in [1.82, 2.24) is 10.2 Å². The Hall–Kier alpha value is -3.30. The summed E-state index contributed by atoms with van der Waals surface area (Å²) in [5.74, 6) is -1.78. The third kappa shape index (κ3) is 8.57. The van der Waals surface area contributed by atoms with Crippen molar-refractivity contribution >= 4 is 29.6 Å². The van der Waals surface area contributed by atoms with E-state index in [9.17, 15) is 24.3 Å². The van der Waals surface area contributed by atoms with E-state index in [1.165, 1.54) is 13.2 Å². The van der Waals surface area contributed by atoms with Crippen molar-refractivity contribution in [1.29, 1.82) is 0 Å². The van der Waals surface area contributed by atoms with Crippen LogP contribution in [0.15, 0.2) is 18.2 Å². The van der Waals surface area contributed by atoms with E-state index in [0.29, 0.717) is 24.3 Å². The van der Waals surface area contributed by atoms with Crippen LogP contribution in [0.4, 0.5) is 10.5 Å². The number of unbranched alkanes of at least 4 members (excludes halogenated alkanes) is 3. The minimum atomic E-state index is -1.05. The zero-order valence-electron chi connectivity index (χ0n) is 20.3. The summed E-state index contributed by atoms with van der Waals surface area (Å²) in [4.78, 5) is 49.6. The van der Waals surface area contributed by atoms with E-state index < -0.39 is 29.7 Å². The van der Waals surface area contributed by atoms with Gasteiger partial charge in [0.1, 0.15) is 11.6 Å². The van der Waals surface area contributed by atoms with E-state index >= 15 is 0 Å². The molecule has 1 atom stereocenters. The van der Waals surface area contributed by atoms with Gasteiger partial charge >= 0.3 is 18.0 Å². The number of benzene rings is 1. The fraction of sp³-hybridized carbons (Fsp3) is 0.583. The molecule has 1 aliphatic heterocycles. The first-order valence-corrected chi connectivity index (χ1v) is 11.5. The van der Waals surface area contributed by atoms with Crippen molar-refractivity contribution < 1.29 is 33.8 Å². The highest BCUT2D eigenvalue weighted by Gasteiger charge is 2.31. The Morgan fingerprint density at radius 3 is 2.53 bits per heavy atom. The Morgan fingerprint density at radius 2 is 1.88 bits per heavy atom. The number of nitrogens with one attached hydrogen (secondary N) is 2. The Labute approximate surface area is 200 Å². The topological polar surface area (TPSA) is 134 Å². The molecule has 3 N–H and O–H groups in total. The van der Waals surface area contributed by atoms with Crippen molar-refractivity contribution in [2.75, 3.05) is 25.5 Å². The third-order valence-electron chi connectivity index (χ3n) is 5.27. The Bertz CT molecular complexity index is 895. The minimum Gasteiger partial charge on any atom is -0.478 e. The van der Waals surface area contributed by atoms with Gasteiger partial charge in [0.05, 0.1) is 19.1 Å². The monoisotopic (exact) mass is 477 g/mol. The second-order valence-electron chi connectivity index (χ2n) is 9.26. The molecular formula is C24H35N3O7. The minimum absolute atomic E-state index is 0.123. The van der Waals surface area contributed by atoms with Gasteiger partial charge in [-0.1, -0.05) is 12.8 Å². The second kappa shape index (κ2) is 12.2. The smallest absolute Gasteiger partial charge is 0.407 e. The average Bonchev–Trinajstić information content (AvgIpc) is 2.87. The number of fused-ring (bicyclic) bond motifs is 1. The lowest BCUT2D eigenvalue weighted by molar-refractivity contribution is -0.144. The van der Waals surface area contributed by atoms with Gasteiger partial charge in [-0.15, -0.1) is 0 Å². The van der Waals surface area contributed by atoms with Gasteiger partial charge in [-0.2, -0.15) is 0 Å². The lowest BCUT2D eigenvalue weighted by atomic mass is 10.1. The molecule has 10 heteroatoms. The standard InChI is InChI=1S/C24H35N3O7/c1-24(2,3)34-23(32)25-11-7-5-6-8-12-27-15-17-13-16(22(30)31)9-10-18(17)26-19(21(27)29)14-20(28)33-4/h9-10,13,19,26H,5-8,11-12,14-15H2,1-4H3,(H,25,32)(H,30,31)/t19-/m1/s1. The first kappa shape index (κ1) is 26.9. The van der Waals surface area contributed by atoms with Crippen LogP contribution in [0.25, 0.3) is 0 Å². The highest BCUT2D eigenvalue weighted by atomic mass is 16.6. The zero-order chi connectivity index (χ0) is 25.3. The predicted octanol–water partition coefficient (Wildman–Crippen LogP) is 3.16. The number of nitrogens with zero attached hydrogens (tertiary/aromatic N) is 1.